The van der Waals surface area contributed by atoms with Crippen molar-refractivity contribution >= 4 is 0 Å². The highest BCUT2D eigenvalue weighted by atomic mass is 16.5. The summed E-state index contributed by atoms with van der Waals surface area (Å²) < 4.78 is 10.7. The smallest absolute Gasteiger partial charge is 0.232 e. The van der Waals surface area contributed by atoms with Crippen LogP contribution in [-0.4, -0.2) is 77.6 Å². The van der Waals surface area contributed by atoms with Crippen LogP contribution in [0.3, 0.4) is 0 Å². The van der Waals surface area contributed by atoms with E-state index in [1.807, 2.05) is 20.8 Å². The molecule has 0 atom stereocenters. The lowest BCUT2D eigenvalue weighted by Crippen LogP contribution is -2.42. The van der Waals surface area contributed by atoms with E-state index in [4.69, 9.17) is 9.26 Å². The van der Waals surface area contributed by atoms with Crippen LogP contribution in [0, 0.1) is 0 Å². The highest BCUT2D eigenvalue weighted by Crippen LogP contribution is 2.19. The third-order valence-corrected chi connectivity index (χ3v) is 3.73. The number of ether oxygens (including phenoxy) is 1. The minimum atomic E-state index is -0.138. The Morgan fingerprint density at radius 3 is 2.55 bits per heavy atom. The summed E-state index contributed by atoms with van der Waals surface area (Å²) in [6.07, 6.45) is 0. The summed E-state index contributed by atoms with van der Waals surface area (Å²) in [5, 5.41) is 13.3. The van der Waals surface area contributed by atoms with Crippen molar-refractivity contribution in [3.8, 4) is 0 Å². The van der Waals surface area contributed by atoms with Gasteiger partial charge in [0.2, 0.25) is 5.89 Å². The van der Waals surface area contributed by atoms with Crippen molar-refractivity contribution in [3.05, 3.63) is 11.7 Å². The zero-order chi connectivity index (χ0) is 16.0. The molecule has 1 fully saturated rings. The fraction of sp³-hybridized carbons (Fsp3) is 0.867. The van der Waals surface area contributed by atoms with Crippen LogP contribution in [0.5, 0.6) is 0 Å². The average Bonchev–Trinajstić information content (AvgIpc) is 2.95. The van der Waals surface area contributed by atoms with Crippen molar-refractivity contribution in [1.82, 2.24) is 19.9 Å². The number of aliphatic hydroxyl groups is 1. The first-order chi connectivity index (χ1) is 10.5. The summed E-state index contributed by atoms with van der Waals surface area (Å²) in [5.41, 5.74) is -0.138. The quantitative estimate of drug-likeness (QED) is 0.785. The van der Waals surface area contributed by atoms with E-state index in [2.05, 4.69) is 19.9 Å². The molecule has 126 valence electrons. The van der Waals surface area contributed by atoms with Gasteiger partial charge in [-0.3, -0.25) is 9.80 Å². The summed E-state index contributed by atoms with van der Waals surface area (Å²) in [5.74, 6) is 1.33. The average molecular weight is 312 g/mol. The van der Waals surface area contributed by atoms with Gasteiger partial charge in [-0.05, 0) is 0 Å². The maximum Gasteiger partial charge on any atom is 0.232 e. The number of hydrogen-bond acceptors (Lipinski definition) is 7. The van der Waals surface area contributed by atoms with Gasteiger partial charge in [-0.1, -0.05) is 25.9 Å². The van der Waals surface area contributed by atoms with E-state index in [0.717, 1.165) is 39.4 Å². The van der Waals surface area contributed by atoms with Crippen LogP contribution < -0.4 is 0 Å². The molecule has 1 N–H and O–H groups in total. The lowest BCUT2D eigenvalue weighted by Gasteiger charge is -2.29. The second-order valence-electron chi connectivity index (χ2n) is 6.72. The molecule has 0 aromatic carbocycles. The molecule has 1 aromatic rings. The molecular weight excluding hydrogens is 284 g/mol. The molecule has 7 heteroatoms. The third-order valence-electron chi connectivity index (χ3n) is 3.73. The van der Waals surface area contributed by atoms with Crippen molar-refractivity contribution in [2.45, 2.75) is 32.7 Å². The van der Waals surface area contributed by atoms with Gasteiger partial charge < -0.3 is 14.4 Å². The van der Waals surface area contributed by atoms with Crippen LogP contribution in [0.4, 0.5) is 0 Å². The zero-order valence-electron chi connectivity index (χ0n) is 13.9. The largest absolute Gasteiger partial charge is 0.395 e. The minimum absolute atomic E-state index is 0.132. The molecule has 2 heterocycles. The Balaban J connectivity index is 1.86. The van der Waals surface area contributed by atoms with Gasteiger partial charge in [0.05, 0.1) is 26.4 Å². The van der Waals surface area contributed by atoms with Crippen molar-refractivity contribution in [3.63, 3.8) is 0 Å². The Kier molecular flexibility index (Phi) is 6.31. The molecule has 0 aliphatic carbocycles. The number of nitrogens with zero attached hydrogens (tertiary/aromatic N) is 4. The zero-order valence-corrected chi connectivity index (χ0v) is 13.9. The molecule has 0 unspecified atom stereocenters. The van der Waals surface area contributed by atoms with Crippen LogP contribution in [0.15, 0.2) is 4.52 Å². The molecule has 2 rings (SSSR count). The first kappa shape index (κ1) is 17.3. The van der Waals surface area contributed by atoms with E-state index in [0.29, 0.717) is 24.8 Å². The molecule has 22 heavy (non-hydrogen) atoms. The summed E-state index contributed by atoms with van der Waals surface area (Å²) in [4.78, 5) is 9.00. The maximum absolute atomic E-state index is 9.25. The molecular formula is C15H28N4O3. The molecule has 1 saturated heterocycles. The molecule has 0 spiro atoms. The molecule has 0 amide bonds. The minimum Gasteiger partial charge on any atom is -0.395 e. The van der Waals surface area contributed by atoms with Gasteiger partial charge in [0, 0.05) is 38.1 Å². The van der Waals surface area contributed by atoms with Crippen molar-refractivity contribution in [1.29, 1.82) is 0 Å². The second kappa shape index (κ2) is 8.01. The van der Waals surface area contributed by atoms with Gasteiger partial charge >= 0.3 is 0 Å². The Hall–Kier alpha value is -1.02. The van der Waals surface area contributed by atoms with E-state index in [1.54, 1.807) is 0 Å². The molecule has 1 aliphatic rings. The Bertz CT molecular complexity index is 438. The van der Waals surface area contributed by atoms with Gasteiger partial charge in [0.15, 0.2) is 5.82 Å². The van der Waals surface area contributed by atoms with Gasteiger partial charge in [-0.25, -0.2) is 0 Å². The number of morpholine rings is 1. The lowest BCUT2D eigenvalue weighted by molar-refractivity contribution is 0.0318. The topological polar surface area (TPSA) is 74.9 Å². The number of hydrogen-bond donors (Lipinski definition) is 1. The lowest BCUT2D eigenvalue weighted by atomic mass is 9.97. The number of rotatable bonds is 7. The summed E-state index contributed by atoms with van der Waals surface area (Å²) in [7, 11) is 0. The van der Waals surface area contributed by atoms with Crippen LogP contribution in [-0.2, 0) is 16.7 Å². The first-order valence-electron chi connectivity index (χ1n) is 7.95. The standard InChI is InChI=1S/C15H28N4O3/c1-15(2,3)14-16-13(17-22-14)12-19(6-9-20)5-4-18-7-10-21-11-8-18/h20H,4-12H2,1-3H3. The van der Waals surface area contributed by atoms with Crippen LogP contribution in [0.1, 0.15) is 32.5 Å². The molecule has 0 bridgehead atoms. The number of aliphatic hydroxyl groups excluding tert-OH is 1. The van der Waals surface area contributed by atoms with Crippen molar-refractivity contribution < 1.29 is 14.4 Å². The van der Waals surface area contributed by atoms with E-state index in [1.165, 1.54) is 0 Å². The van der Waals surface area contributed by atoms with Crippen molar-refractivity contribution in [2.24, 2.45) is 0 Å². The molecule has 1 aromatic heterocycles. The first-order valence-corrected chi connectivity index (χ1v) is 7.95. The fourth-order valence-corrected chi connectivity index (χ4v) is 2.34. The Morgan fingerprint density at radius 2 is 1.95 bits per heavy atom. The van der Waals surface area contributed by atoms with Gasteiger partial charge in [-0.2, -0.15) is 4.98 Å². The Labute approximate surface area is 132 Å². The van der Waals surface area contributed by atoms with E-state index < -0.39 is 0 Å². The summed E-state index contributed by atoms with van der Waals surface area (Å²) >= 11 is 0. The van der Waals surface area contributed by atoms with E-state index >= 15 is 0 Å². The van der Waals surface area contributed by atoms with E-state index in [9.17, 15) is 5.11 Å². The third kappa shape index (κ3) is 5.31. The normalized spacial score (nSPS) is 17.3. The molecule has 1 aliphatic heterocycles. The number of aromatic nitrogens is 2. The van der Waals surface area contributed by atoms with Gasteiger partial charge in [-0.15, -0.1) is 0 Å². The molecule has 0 radical (unpaired) electrons. The fourth-order valence-electron chi connectivity index (χ4n) is 2.34. The van der Waals surface area contributed by atoms with E-state index in [-0.39, 0.29) is 12.0 Å². The second-order valence-corrected chi connectivity index (χ2v) is 6.72. The SMILES string of the molecule is CC(C)(C)c1nc(CN(CCO)CCN2CCOCC2)no1. The predicted octanol–water partition coefficient (Wildman–Crippen LogP) is 0.494. The Morgan fingerprint density at radius 1 is 1.23 bits per heavy atom. The summed E-state index contributed by atoms with van der Waals surface area (Å²) in [6, 6.07) is 0. The van der Waals surface area contributed by atoms with Crippen LogP contribution >= 0.6 is 0 Å². The monoisotopic (exact) mass is 312 g/mol. The molecule has 7 nitrogen and oxygen atoms in total. The van der Waals surface area contributed by atoms with Gasteiger partial charge in [0.1, 0.15) is 0 Å². The predicted molar refractivity (Wildman–Crippen MR) is 82.6 cm³/mol. The summed E-state index contributed by atoms with van der Waals surface area (Å²) in [6.45, 7) is 12.9. The highest BCUT2D eigenvalue weighted by Gasteiger charge is 2.22. The van der Waals surface area contributed by atoms with Gasteiger partial charge in [0.25, 0.3) is 0 Å². The van der Waals surface area contributed by atoms with Crippen LogP contribution in [0.25, 0.3) is 0 Å². The maximum atomic E-state index is 9.25. The van der Waals surface area contributed by atoms with Crippen molar-refractivity contribution in [2.75, 3.05) is 52.5 Å². The molecule has 0 saturated carbocycles. The highest BCUT2D eigenvalue weighted by molar-refractivity contribution is 4.98. The van der Waals surface area contributed by atoms with Crippen LogP contribution in [0.2, 0.25) is 0 Å².